The molecule has 1 fully saturated rings. The van der Waals surface area contributed by atoms with Crippen molar-refractivity contribution < 1.29 is 14.7 Å². The summed E-state index contributed by atoms with van der Waals surface area (Å²) in [6.45, 7) is 0.634. The zero-order valence-corrected chi connectivity index (χ0v) is 14.7. The first-order valence-corrected chi connectivity index (χ1v) is 8.63. The van der Waals surface area contributed by atoms with Gasteiger partial charge in [-0.25, -0.2) is 4.79 Å². The lowest BCUT2D eigenvalue weighted by molar-refractivity contribution is -0.120. The van der Waals surface area contributed by atoms with Crippen LogP contribution in [0.3, 0.4) is 0 Å². The van der Waals surface area contributed by atoms with Gasteiger partial charge in [0.25, 0.3) is 0 Å². The molecular weight excluding hydrogens is 370 g/mol. The highest BCUT2D eigenvalue weighted by atomic mass is 79.9. The Morgan fingerprint density at radius 1 is 1.12 bits per heavy atom. The Hall–Kier alpha value is -2.14. The first-order chi connectivity index (χ1) is 11.5. The van der Waals surface area contributed by atoms with E-state index in [0.717, 1.165) is 22.9 Å². The van der Waals surface area contributed by atoms with Crippen molar-refractivity contribution in [2.75, 3.05) is 6.54 Å². The van der Waals surface area contributed by atoms with Crippen LogP contribution in [0.2, 0.25) is 0 Å². The fraction of sp³-hybridized carbons (Fsp3) is 0.263. The van der Waals surface area contributed by atoms with E-state index in [1.165, 1.54) is 17.7 Å². The average Bonchev–Trinajstić information content (AvgIpc) is 3.35. The molecule has 0 heterocycles. The minimum Gasteiger partial charge on any atom is -0.478 e. The van der Waals surface area contributed by atoms with Gasteiger partial charge in [0.15, 0.2) is 0 Å². The lowest BCUT2D eigenvalue weighted by Gasteiger charge is -2.17. The van der Waals surface area contributed by atoms with Crippen LogP contribution in [0.1, 0.15) is 34.3 Å². The normalized spacial score (nSPS) is 14.9. The molecule has 0 unspecified atom stereocenters. The molecule has 2 N–H and O–H groups in total. The van der Waals surface area contributed by atoms with Crippen LogP contribution in [0.5, 0.6) is 0 Å². The highest BCUT2D eigenvalue weighted by Crippen LogP contribution is 2.48. The van der Waals surface area contributed by atoms with Gasteiger partial charge >= 0.3 is 5.97 Å². The van der Waals surface area contributed by atoms with Gasteiger partial charge in [-0.15, -0.1) is 0 Å². The Bertz CT molecular complexity index is 766. The van der Waals surface area contributed by atoms with Gasteiger partial charge in [0.2, 0.25) is 5.91 Å². The molecule has 0 bridgehead atoms. The summed E-state index contributed by atoms with van der Waals surface area (Å²) in [6.07, 6.45) is 2.42. The number of carbonyl (C=O) groups is 2. The highest BCUT2D eigenvalue weighted by Gasteiger charge is 2.44. The quantitative estimate of drug-likeness (QED) is 0.796. The molecule has 1 saturated carbocycles. The lowest BCUT2D eigenvalue weighted by Crippen LogP contribution is -2.33. The minimum atomic E-state index is -0.962. The molecule has 0 aromatic heterocycles. The molecule has 1 aliphatic carbocycles. The van der Waals surface area contributed by atoms with E-state index in [4.69, 9.17) is 5.11 Å². The topological polar surface area (TPSA) is 66.4 Å². The molecule has 1 aliphatic rings. The number of hydrogen-bond donors (Lipinski definition) is 2. The van der Waals surface area contributed by atoms with Crippen LogP contribution < -0.4 is 5.32 Å². The van der Waals surface area contributed by atoms with Crippen LogP contribution >= 0.6 is 15.9 Å². The van der Waals surface area contributed by atoms with Crippen LogP contribution in [0, 0.1) is 0 Å². The molecular formula is C19H18BrNO3. The summed E-state index contributed by atoms with van der Waals surface area (Å²) in [5, 5.41) is 11.9. The van der Waals surface area contributed by atoms with E-state index in [9.17, 15) is 9.59 Å². The van der Waals surface area contributed by atoms with Crippen molar-refractivity contribution in [3.8, 4) is 0 Å². The number of rotatable bonds is 6. The van der Waals surface area contributed by atoms with E-state index in [2.05, 4.69) is 33.4 Å². The molecule has 24 heavy (non-hydrogen) atoms. The predicted octanol–water partition coefficient (Wildman–Crippen LogP) is 3.54. The Morgan fingerprint density at radius 3 is 2.42 bits per heavy atom. The Kier molecular flexibility index (Phi) is 4.71. The van der Waals surface area contributed by atoms with E-state index in [1.807, 2.05) is 12.1 Å². The van der Waals surface area contributed by atoms with E-state index in [0.29, 0.717) is 6.54 Å². The maximum atomic E-state index is 12.2. The van der Waals surface area contributed by atoms with Gasteiger partial charge in [0, 0.05) is 16.4 Å². The molecule has 0 saturated heterocycles. The fourth-order valence-corrected chi connectivity index (χ4v) is 3.22. The van der Waals surface area contributed by atoms with Gasteiger partial charge in [-0.3, -0.25) is 4.79 Å². The predicted molar refractivity (Wildman–Crippen MR) is 95.2 cm³/mol. The van der Waals surface area contributed by atoms with Crippen molar-refractivity contribution in [1.82, 2.24) is 5.32 Å². The number of carboxylic acid groups (broad SMARTS) is 1. The average molecular weight is 388 g/mol. The molecule has 3 rings (SSSR count). The van der Waals surface area contributed by atoms with Crippen LogP contribution in [0.25, 0.3) is 0 Å². The van der Waals surface area contributed by atoms with Gasteiger partial charge in [-0.2, -0.15) is 0 Å². The molecule has 124 valence electrons. The minimum absolute atomic E-state index is 0.0423. The highest BCUT2D eigenvalue weighted by molar-refractivity contribution is 9.10. The molecule has 1 amide bonds. The smallest absolute Gasteiger partial charge is 0.335 e. The van der Waals surface area contributed by atoms with Gasteiger partial charge in [0.05, 0.1) is 12.0 Å². The zero-order chi connectivity index (χ0) is 17.2. The van der Waals surface area contributed by atoms with Crippen molar-refractivity contribution in [2.45, 2.75) is 24.7 Å². The summed E-state index contributed by atoms with van der Waals surface area (Å²) in [5.74, 6) is -1.00. The summed E-state index contributed by atoms with van der Waals surface area (Å²) in [7, 11) is 0. The summed E-state index contributed by atoms with van der Waals surface area (Å²) >= 11 is 3.49. The molecule has 0 aliphatic heterocycles. The van der Waals surface area contributed by atoms with E-state index < -0.39 is 5.97 Å². The van der Waals surface area contributed by atoms with Crippen molar-refractivity contribution >= 4 is 27.8 Å². The lowest BCUT2D eigenvalue weighted by atomic mass is 9.96. The van der Waals surface area contributed by atoms with Crippen LogP contribution in [0.4, 0.5) is 0 Å². The number of carbonyl (C=O) groups excluding carboxylic acids is 1. The van der Waals surface area contributed by atoms with Gasteiger partial charge in [-0.05, 0) is 48.2 Å². The number of nitrogens with one attached hydrogen (secondary N) is 1. The summed E-state index contributed by atoms with van der Waals surface area (Å²) in [6, 6.07) is 14.7. The molecule has 0 atom stereocenters. The van der Waals surface area contributed by atoms with Crippen molar-refractivity contribution in [2.24, 2.45) is 0 Å². The van der Waals surface area contributed by atoms with Gasteiger partial charge < -0.3 is 10.4 Å². The number of carboxylic acids is 1. The molecule has 2 aromatic rings. The molecule has 5 heteroatoms. The number of aromatic carboxylic acids is 1. The van der Waals surface area contributed by atoms with Crippen LogP contribution in [-0.4, -0.2) is 23.5 Å². The molecule has 2 aromatic carbocycles. The third kappa shape index (κ3) is 3.85. The number of amides is 1. The SMILES string of the molecule is O=C(Cc1ccc(C(=O)O)cc1)NCC1(c2cccc(Br)c2)CC1. The molecule has 0 spiro atoms. The third-order valence-corrected chi connectivity index (χ3v) is 4.97. The van der Waals surface area contributed by atoms with E-state index in [-0.39, 0.29) is 23.3 Å². The standard InChI is InChI=1S/C19H18BrNO3/c20-16-3-1-2-15(11-16)19(8-9-19)12-21-17(22)10-13-4-6-14(7-5-13)18(23)24/h1-7,11H,8-10,12H2,(H,21,22)(H,23,24). The molecule has 4 nitrogen and oxygen atoms in total. The van der Waals surface area contributed by atoms with Gasteiger partial charge in [-0.1, -0.05) is 40.2 Å². The first kappa shape index (κ1) is 16.7. The third-order valence-electron chi connectivity index (χ3n) is 4.48. The number of benzene rings is 2. The summed E-state index contributed by atoms with van der Waals surface area (Å²) in [5.41, 5.74) is 2.35. The maximum Gasteiger partial charge on any atom is 0.335 e. The number of hydrogen-bond acceptors (Lipinski definition) is 2. The Balaban J connectivity index is 1.57. The van der Waals surface area contributed by atoms with Gasteiger partial charge in [0.1, 0.15) is 0 Å². The van der Waals surface area contributed by atoms with E-state index in [1.54, 1.807) is 12.1 Å². The zero-order valence-electron chi connectivity index (χ0n) is 13.1. The Labute approximate surface area is 149 Å². The monoisotopic (exact) mass is 387 g/mol. The van der Waals surface area contributed by atoms with Crippen molar-refractivity contribution in [3.05, 3.63) is 69.7 Å². The largest absolute Gasteiger partial charge is 0.478 e. The second-order valence-electron chi connectivity index (χ2n) is 6.25. The van der Waals surface area contributed by atoms with Crippen LogP contribution in [0.15, 0.2) is 53.0 Å². The maximum absolute atomic E-state index is 12.2. The fourth-order valence-electron chi connectivity index (χ4n) is 2.82. The van der Waals surface area contributed by atoms with E-state index >= 15 is 0 Å². The Morgan fingerprint density at radius 2 is 1.83 bits per heavy atom. The van der Waals surface area contributed by atoms with Crippen LogP contribution in [-0.2, 0) is 16.6 Å². The number of halogens is 1. The summed E-state index contributed by atoms with van der Waals surface area (Å²) in [4.78, 5) is 23.0. The first-order valence-electron chi connectivity index (χ1n) is 7.83. The summed E-state index contributed by atoms with van der Waals surface area (Å²) < 4.78 is 1.05. The second kappa shape index (κ2) is 6.77. The van der Waals surface area contributed by atoms with Crippen molar-refractivity contribution in [1.29, 1.82) is 0 Å². The second-order valence-corrected chi connectivity index (χ2v) is 7.16. The van der Waals surface area contributed by atoms with Crippen molar-refractivity contribution in [3.63, 3.8) is 0 Å². The molecule has 0 radical (unpaired) electrons.